The highest BCUT2D eigenvalue weighted by Gasteiger charge is 2.40. The molecule has 0 N–H and O–H groups in total. The van der Waals surface area contributed by atoms with Gasteiger partial charge in [-0.15, -0.1) is 11.8 Å². The Balaban J connectivity index is 1.63. The Morgan fingerprint density at radius 3 is 2.42 bits per heavy atom. The van der Waals surface area contributed by atoms with Crippen LogP contribution in [0.25, 0.3) is 23.0 Å². The molecule has 6 nitrogen and oxygen atoms in total. The number of aromatic nitrogens is 2. The van der Waals surface area contributed by atoms with Crippen LogP contribution >= 0.6 is 11.8 Å². The summed E-state index contributed by atoms with van der Waals surface area (Å²) in [4.78, 5) is 29.4. The molecule has 1 aliphatic carbocycles. The third-order valence-corrected chi connectivity index (χ3v) is 8.34. The summed E-state index contributed by atoms with van der Waals surface area (Å²) in [6.07, 6.45) is 8.32. The number of imide groups is 1. The molecule has 5 rings (SSSR count). The van der Waals surface area contributed by atoms with E-state index < -0.39 is 5.91 Å². The third-order valence-electron chi connectivity index (χ3n) is 7.13. The zero-order valence-corrected chi connectivity index (χ0v) is 22.5. The van der Waals surface area contributed by atoms with Crippen LogP contribution < -0.4 is 0 Å². The molecule has 2 aromatic carbocycles. The van der Waals surface area contributed by atoms with Gasteiger partial charge in [0.15, 0.2) is 0 Å². The average molecular weight is 523 g/mol. The van der Waals surface area contributed by atoms with Crippen LogP contribution in [0.1, 0.15) is 51.5 Å². The van der Waals surface area contributed by atoms with E-state index in [-0.39, 0.29) is 17.5 Å². The summed E-state index contributed by atoms with van der Waals surface area (Å²) < 4.78 is 1.80. The molecule has 7 heteroatoms. The van der Waals surface area contributed by atoms with E-state index in [9.17, 15) is 14.9 Å². The van der Waals surface area contributed by atoms with Gasteiger partial charge in [-0.05, 0) is 67.9 Å². The number of nitrogens with zero attached hydrogens (tertiary/aromatic N) is 4. The standard InChI is InChI=1S/C31H30N4O2S/c1-3-17-38-26-15-13-22(14-16-26)29-23(20-34(33-29)24-9-5-4-6-10-24)18-27-21(2)28(19-32)31(37)35(30(27)36)25-11-7-8-12-25/h4-6,9-10,13-16,18,20,25H,3,7-8,11-12,17H2,1-2H3/b27-18+. The summed E-state index contributed by atoms with van der Waals surface area (Å²) in [7, 11) is 0. The van der Waals surface area contributed by atoms with Gasteiger partial charge in [-0.25, -0.2) is 4.68 Å². The maximum absolute atomic E-state index is 13.7. The van der Waals surface area contributed by atoms with Crippen molar-refractivity contribution in [2.24, 2.45) is 0 Å². The largest absolute Gasteiger partial charge is 0.271 e. The predicted octanol–water partition coefficient (Wildman–Crippen LogP) is 6.58. The lowest BCUT2D eigenvalue weighted by Gasteiger charge is -2.32. The first-order valence-electron chi connectivity index (χ1n) is 13.1. The minimum absolute atomic E-state index is 0.0389. The van der Waals surface area contributed by atoms with E-state index in [2.05, 4.69) is 37.3 Å². The Morgan fingerprint density at radius 1 is 1.05 bits per heavy atom. The zero-order valence-electron chi connectivity index (χ0n) is 21.7. The third kappa shape index (κ3) is 4.97. The number of nitriles is 1. The van der Waals surface area contributed by atoms with Gasteiger partial charge in [-0.1, -0.05) is 50.1 Å². The van der Waals surface area contributed by atoms with Gasteiger partial charge >= 0.3 is 0 Å². The van der Waals surface area contributed by atoms with Crippen molar-refractivity contribution in [2.45, 2.75) is 56.9 Å². The first-order valence-corrected chi connectivity index (χ1v) is 14.1. The van der Waals surface area contributed by atoms with Gasteiger partial charge in [0.1, 0.15) is 11.6 Å². The number of benzene rings is 2. The lowest BCUT2D eigenvalue weighted by atomic mass is 9.92. The molecule has 0 saturated heterocycles. The number of rotatable bonds is 7. The second-order valence-electron chi connectivity index (χ2n) is 9.67. The molecule has 1 fully saturated rings. The van der Waals surface area contributed by atoms with Crippen molar-refractivity contribution in [1.82, 2.24) is 14.7 Å². The first-order chi connectivity index (χ1) is 18.5. The molecule has 0 radical (unpaired) electrons. The lowest BCUT2D eigenvalue weighted by molar-refractivity contribution is -0.143. The van der Waals surface area contributed by atoms with Gasteiger partial charge in [0.2, 0.25) is 0 Å². The SMILES string of the molecule is CCCSc1ccc(-c2nn(-c3ccccc3)cc2/C=C2/C(=O)N(C3CCCC3)C(=O)C(C#N)=C2C)cc1. The average Bonchev–Trinajstić information content (AvgIpc) is 3.62. The van der Waals surface area contributed by atoms with Crippen molar-refractivity contribution in [2.75, 3.05) is 5.75 Å². The number of amides is 2. The molecule has 3 aromatic rings. The van der Waals surface area contributed by atoms with Crippen LogP contribution in [0, 0.1) is 11.3 Å². The van der Waals surface area contributed by atoms with Crippen molar-refractivity contribution in [3.05, 3.63) is 83.1 Å². The molecule has 0 spiro atoms. The lowest BCUT2D eigenvalue weighted by Crippen LogP contribution is -2.47. The molecule has 192 valence electrons. The van der Waals surface area contributed by atoms with Crippen LogP contribution in [0.2, 0.25) is 0 Å². The Kier molecular flexibility index (Phi) is 7.62. The maximum Gasteiger partial charge on any atom is 0.271 e. The van der Waals surface area contributed by atoms with E-state index >= 15 is 0 Å². The smallest absolute Gasteiger partial charge is 0.271 e. The molecule has 0 bridgehead atoms. The molecule has 1 saturated carbocycles. The summed E-state index contributed by atoms with van der Waals surface area (Å²) in [5, 5.41) is 14.7. The van der Waals surface area contributed by atoms with Gasteiger partial charge in [-0.3, -0.25) is 14.5 Å². The predicted molar refractivity (Wildman–Crippen MR) is 150 cm³/mol. The summed E-state index contributed by atoms with van der Waals surface area (Å²) in [6, 6.07) is 20.0. The van der Waals surface area contributed by atoms with E-state index in [0.717, 1.165) is 60.4 Å². The Morgan fingerprint density at radius 2 is 1.76 bits per heavy atom. The van der Waals surface area contributed by atoms with Gasteiger partial charge in [0.05, 0.1) is 11.4 Å². The molecule has 0 atom stereocenters. The topological polar surface area (TPSA) is 79.0 Å². The molecule has 1 aliphatic heterocycles. The molecule has 1 aromatic heterocycles. The highest BCUT2D eigenvalue weighted by molar-refractivity contribution is 7.99. The van der Waals surface area contributed by atoms with Gasteiger partial charge < -0.3 is 0 Å². The number of para-hydroxylation sites is 1. The van der Waals surface area contributed by atoms with E-state index in [1.54, 1.807) is 17.7 Å². The summed E-state index contributed by atoms with van der Waals surface area (Å²) >= 11 is 1.82. The van der Waals surface area contributed by atoms with Crippen molar-refractivity contribution < 1.29 is 9.59 Å². The normalized spacial score (nSPS) is 17.5. The Bertz CT molecular complexity index is 1460. The van der Waals surface area contributed by atoms with Crippen LogP contribution in [0.15, 0.2) is 82.4 Å². The van der Waals surface area contributed by atoms with Crippen LogP contribution in [0.5, 0.6) is 0 Å². The van der Waals surface area contributed by atoms with Crippen molar-refractivity contribution >= 4 is 29.7 Å². The number of carbonyl (C=O) groups excluding carboxylic acids is 2. The molecule has 2 amide bonds. The highest BCUT2D eigenvalue weighted by atomic mass is 32.2. The maximum atomic E-state index is 13.7. The van der Waals surface area contributed by atoms with Crippen molar-refractivity contribution in [3.63, 3.8) is 0 Å². The number of hydrogen-bond acceptors (Lipinski definition) is 5. The van der Waals surface area contributed by atoms with Crippen LogP contribution in [-0.4, -0.2) is 38.3 Å². The minimum atomic E-state index is -0.473. The summed E-state index contributed by atoms with van der Waals surface area (Å²) in [5.41, 5.74) is 4.15. The Labute approximate surface area is 227 Å². The van der Waals surface area contributed by atoms with Crippen LogP contribution in [0.4, 0.5) is 0 Å². The molecule has 38 heavy (non-hydrogen) atoms. The van der Waals surface area contributed by atoms with Crippen LogP contribution in [-0.2, 0) is 9.59 Å². The second-order valence-corrected chi connectivity index (χ2v) is 10.8. The monoisotopic (exact) mass is 522 g/mol. The number of carbonyl (C=O) groups is 2. The fourth-order valence-corrected chi connectivity index (χ4v) is 5.88. The quantitative estimate of drug-likeness (QED) is 0.199. The van der Waals surface area contributed by atoms with Crippen LogP contribution in [0.3, 0.4) is 0 Å². The molecular weight excluding hydrogens is 492 g/mol. The van der Waals surface area contributed by atoms with Gasteiger partial charge in [0.25, 0.3) is 11.8 Å². The first kappa shape index (κ1) is 25.7. The highest BCUT2D eigenvalue weighted by Crippen LogP contribution is 2.35. The van der Waals surface area contributed by atoms with E-state index in [1.807, 2.05) is 48.3 Å². The molecule has 0 unspecified atom stereocenters. The number of thioether (sulfide) groups is 1. The van der Waals surface area contributed by atoms with Gasteiger partial charge in [0, 0.05) is 33.8 Å². The fourth-order valence-electron chi connectivity index (χ4n) is 5.11. The number of hydrogen-bond donors (Lipinski definition) is 0. The zero-order chi connectivity index (χ0) is 26.6. The van der Waals surface area contributed by atoms with Crippen molar-refractivity contribution in [1.29, 1.82) is 5.26 Å². The van der Waals surface area contributed by atoms with E-state index in [0.29, 0.717) is 11.1 Å². The molecular formula is C31H30N4O2S. The van der Waals surface area contributed by atoms with Gasteiger partial charge in [-0.2, -0.15) is 10.4 Å². The van der Waals surface area contributed by atoms with E-state index in [1.165, 1.54) is 9.80 Å². The summed E-state index contributed by atoms with van der Waals surface area (Å²) in [5.74, 6) is 0.257. The fraction of sp³-hybridized carbons (Fsp3) is 0.290. The van der Waals surface area contributed by atoms with E-state index in [4.69, 9.17) is 5.10 Å². The molecule has 2 heterocycles. The second kappa shape index (κ2) is 11.2. The van der Waals surface area contributed by atoms with Crippen molar-refractivity contribution in [3.8, 4) is 23.0 Å². The Hall–Kier alpha value is -3.89. The minimum Gasteiger partial charge on any atom is -0.271 e. The molecule has 2 aliphatic rings. The summed E-state index contributed by atoms with van der Waals surface area (Å²) in [6.45, 7) is 3.85.